The molecule has 1 aliphatic rings. The van der Waals surface area contributed by atoms with E-state index in [0.29, 0.717) is 0 Å². The van der Waals surface area contributed by atoms with Crippen LogP contribution < -0.4 is 3.76 Å². The predicted molar refractivity (Wildman–Crippen MR) is 124 cm³/mol. The molecule has 0 bridgehead atoms. The van der Waals surface area contributed by atoms with E-state index in [1.807, 2.05) is 0 Å². The van der Waals surface area contributed by atoms with Gasteiger partial charge in [-0.05, 0) is 0 Å². The molecule has 3 aromatic carbocycles. The summed E-state index contributed by atoms with van der Waals surface area (Å²) in [6.45, 7) is 9.19. The molecule has 0 saturated heterocycles. The van der Waals surface area contributed by atoms with Crippen molar-refractivity contribution < 1.29 is 19.2 Å². The number of hydrogen-bond acceptors (Lipinski definition) is 0. The topological polar surface area (TPSA) is 0 Å². The zero-order valence-electron chi connectivity index (χ0n) is 17.2. The van der Waals surface area contributed by atoms with E-state index >= 15 is 0 Å². The van der Waals surface area contributed by atoms with Crippen molar-refractivity contribution in [2.24, 2.45) is 0 Å². The molecule has 138 valence electrons. The first-order valence-electron chi connectivity index (χ1n) is 10.3. The molecule has 29 heavy (non-hydrogen) atoms. The molecule has 0 fully saturated rings. The number of aryl methyl sites for hydroxylation is 3. The zero-order valence-corrected chi connectivity index (χ0v) is 18.8. The minimum atomic E-state index is -0.255. The van der Waals surface area contributed by atoms with Gasteiger partial charge in [0.25, 0.3) is 0 Å². The van der Waals surface area contributed by atoms with E-state index in [1.54, 1.807) is 3.88 Å². The molecule has 2 heteroatoms. The summed E-state index contributed by atoms with van der Waals surface area (Å²) >= 11 is -0.255. The van der Waals surface area contributed by atoms with Gasteiger partial charge in [-0.2, -0.15) is 0 Å². The second kappa shape index (κ2) is 7.56. The van der Waals surface area contributed by atoms with Gasteiger partial charge in [0, 0.05) is 0 Å². The Morgan fingerprint density at radius 3 is 2.38 bits per heavy atom. The second-order valence-electron chi connectivity index (χ2n) is 8.13. The fourth-order valence-corrected chi connectivity index (χ4v) is 6.51. The average molecular weight is 406 g/mol. The van der Waals surface area contributed by atoms with Crippen molar-refractivity contribution in [3.63, 3.8) is 0 Å². The average Bonchev–Trinajstić information content (AvgIpc) is 3.20. The van der Waals surface area contributed by atoms with Crippen LogP contribution in [0.25, 0.3) is 32.6 Å². The van der Waals surface area contributed by atoms with Crippen LogP contribution in [0.3, 0.4) is 0 Å². The molecule has 1 aromatic heterocycles. The van der Waals surface area contributed by atoms with Crippen molar-refractivity contribution in [2.45, 2.75) is 27.2 Å². The first-order chi connectivity index (χ1) is 14.1. The van der Waals surface area contributed by atoms with Gasteiger partial charge in [-0.1, -0.05) is 0 Å². The van der Waals surface area contributed by atoms with Crippen molar-refractivity contribution >= 4 is 32.1 Å². The van der Waals surface area contributed by atoms with Crippen molar-refractivity contribution in [1.29, 1.82) is 0 Å². The third-order valence-electron chi connectivity index (χ3n) is 5.87. The Hall–Kier alpha value is -2.21. The van der Waals surface area contributed by atoms with Gasteiger partial charge in [-0.15, -0.1) is 0 Å². The van der Waals surface area contributed by atoms with Gasteiger partial charge in [-0.3, -0.25) is 0 Å². The van der Waals surface area contributed by atoms with Crippen molar-refractivity contribution in [2.75, 3.05) is 0 Å². The summed E-state index contributed by atoms with van der Waals surface area (Å²) in [5.41, 5.74) is 6.87. The molecular weight excluding hydrogens is 383 g/mol. The Bertz CT molecular complexity index is 1300. The van der Waals surface area contributed by atoms with Crippen LogP contribution >= 0.6 is 0 Å². The van der Waals surface area contributed by atoms with Crippen LogP contribution in [0.1, 0.15) is 23.1 Å². The standard InChI is InChI=1S/C22H18B.C5H5.Ti/c1-14-11-15(2)20(16(3)12-14)21-19-9-5-4-7-17(19)13-18-8-6-10-23-22(18)21;1-2-4-5-3-1;/h4-9,11-13H,1-3H3;1-3H,4H2;. The molecule has 0 unspecified atom stereocenters. The monoisotopic (exact) mass is 406 g/mol. The zero-order chi connectivity index (χ0) is 20.0. The van der Waals surface area contributed by atoms with Crippen molar-refractivity contribution in [3.8, 4) is 11.1 Å². The minimum absolute atomic E-state index is 0.255. The summed E-state index contributed by atoms with van der Waals surface area (Å²) in [6.07, 6.45) is 7.94. The summed E-state index contributed by atoms with van der Waals surface area (Å²) in [7, 11) is 0. The number of benzene rings is 3. The summed E-state index contributed by atoms with van der Waals surface area (Å²) in [6, 6.07) is 20.5. The molecule has 0 saturated carbocycles. The predicted octanol–water partition coefficient (Wildman–Crippen LogP) is 6.47. The summed E-state index contributed by atoms with van der Waals surface area (Å²) in [5.74, 6) is 0. The van der Waals surface area contributed by atoms with E-state index < -0.39 is 0 Å². The maximum absolute atomic E-state index is 2.48. The molecule has 0 atom stereocenters. The van der Waals surface area contributed by atoms with Crippen LogP contribution in [0.2, 0.25) is 0 Å². The number of fused-ring (bicyclic) bond motifs is 2. The van der Waals surface area contributed by atoms with E-state index in [9.17, 15) is 0 Å². The fraction of sp³-hybridized carbons (Fsp3) is 0.148. The van der Waals surface area contributed by atoms with E-state index in [0.717, 1.165) is 6.42 Å². The van der Waals surface area contributed by atoms with Gasteiger partial charge in [0.05, 0.1) is 0 Å². The van der Waals surface area contributed by atoms with Gasteiger partial charge < -0.3 is 0 Å². The van der Waals surface area contributed by atoms with E-state index in [4.69, 9.17) is 0 Å². The van der Waals surface area contributed by atoms with Gasteiger partial charge in [-0.25, -0.2) is 0 Å². The molecule has 0 N–H and O–H groups in total. The maximum atomic E-state index is 2.48. The molecule has 0 aliphatic heterocycles. The van der Waals surface area contributed by atoms with Gasteiger partial charge >= 0.3 is 183 Å². The Kier molecular flexibility index (Phi) is 4.90. The van der Waals surface area contributed by atoms with E-state index in [1.165, 1.54) is 53.0 Å². The Morgan fingerprint density at radius 1 is 0.828 bits per heavy atom. The first kappa shape index (κ1) is 18.8. The van der Waals surface area contributed by atoms with Crippen molar-refractivity contribution in [1.82, 2.24) is 0 Å². The molecule has 0 radical (unpaired) electrons. The Labute approximate surface area is 182 Å². The van der Waals surface area contributed by atoms with Gasteiger partial charge in [0.1, 0.15) is 0 Å². The van der Waals surface area contributed by atoms with Crippen LogP contribution in [0.5, 0.6) is 0 Å². The van der Waals surface area contributed by atoms with Crippen LogP contribution in [-0.4, -0.2) is 6.91 Å². The SMILES string of the molecule is Cc1cc(C)c(-c2c3b[c]([Ti][C]4=CC=CC4)ccc3cc3ccccc23)c(C)c1. The molecular formula is C27H23BTi. The van der Waals surface area contributed by atoms with E-state index in [-0.39, 0.29) is 19.2 Å². The normalized spacial score (nSPS) is 13.1. The molecule has 1 aliphatic carbocycles. The van der Waals surface area contributed by atoms with Crippen LogP contribution in [-0.2, 0) is 19.2 Å². The van der Waals surface area contributed by atoms with Crippen LogP contribution in [0, 0.1) is 20.8 Å². The Balaban J connectivity index is 1.82. The number of rotatable bonds is 3. The molecule has 5 rings (SSSR count). The summed E-state index contributed by atoms with van der Waals surface area (Å²) in [5, 5.41) is 5.41. The summed E-state index contributed by atoms with van der Waals surface area (Å²) < 4.78 is 3.14. The molecule has 0 spiro atoms. The second-order valence-corrected chi connectivity index (χ2v) is 10.4. The summed E-state index contributed by atoms with van der Waals surface area (Å²) in [4.78, 5) is 0. The number of hydrogen-bond donors (Lipinski definition) is 0. The van der Waals surface area contributed by atoms with Crippen LogP contribution in [0.4, 0.5) is 0 Å². The van der Waals surface area contributed by atoms with Gasteiger partial charge in [0.15, 0.2) is 0 Å². The third-order valence-corrected chi connectivity index (χ3v) is 7.88. The fourth-order valence-electron chi connectivity index (χ4n) is 4.71. The molecule has 0 nitrogen and oxygen atoms in total. The van der Waals surface area contributed by atoms with Crippen LogP contribution in [0.15, 0.2) is 76.7 Å². The molecule has 4 aromatic rings. The number of allylic oxidation sites excluding steroid dienone is 4. The molecule has 0 amide bonds. The first-order valence-corrected chi connectivity index (χ1v) is 11.8. The molecule has 1 heterocycles. The van der Waals surface area contributed by atoms with E-state index in [2.05, 4.69) is 101 Å². The quantitative estimate of drug-likeness (QED) is 0.270. The van der Waals surface area contributed by atoms with Crippen molar-refractivity contribution in [3.05, 3.63) is 93.4 Å². The third kappa shape index (κ3) is 3.48. The Morgan fingerprint density at radius 2 is 1.62 bits per heavy atom. The van der Waals surface area contributed by atoms with Gasteiger partial charge in [0.2, 0.25) is 0 Å².